The molecular formula is C15H18BrN3O. The average Bonchev–Trinajstić information content (AvgIpc) is 2.47. The van der Waals surface area contributed by atoms with Gasteiger partial charge >= 0.3 is 0 Å². The average molecular weight is 336 g/mol. The highest BCUT2D eigenvalue weighted by Gasteiger charge is 2.25. The van der Waals surface area contributed by atoms with Crippen LogP contribution in [-0.4, -0.2) is 30.8 Å². The summed E-state index contributed by atoms with van der Waals surface area (Å²) in [4.78, 5) is 6.79. The molecule has 1 aliphatic heterocycles. The highest BCUT2D eigenvalue weighted by atomic mass is 79.9. The molecule has 1 saturated heterocycles. The Bertz CT molecular complexity index is 627. The van der Waals surface area contributed by atoms with Gasteiger partial charge in [-0.25, -0.2) is 0 Å². The maximum atomic E-state index is 6.22. The van der Waals surface area contributed by atoms with E-state index in [2.05, 4.69) is 38.8 Å². The van der Waals surface area contributed by atoms with Gasteiger partial charge in [0.1, 0.15) is 0 Å². The van der Waals surface area contributed by atoms with Gasteiger partial charge in [0.2, 0.25) is 0 Å². The van der Waals surface area contributed by atoms with Gasteiger partial charge in [0.15, 0.2) is 0 Å². The lowest BCUT2D eigenvalue weighted by Gasteiger charge is -2.38. The Balaban J connectivity index is 2.17. The molecule has 0 bridgehead atoms. The van der Waals surface area contributed by atoms with Crippen LogP contribution in [0.4, 0.5) is 11.4 Å². The van der Waals surface area contributed by atoms with Crippen LogP contribution in [0, 0.1) is 0 Å². The van der Waals surface area contributed by atoms with Crippen LogP contribution >= 0.6 is 15.9 Å². The zero-order valence-electron chi connectivity index (χ0n) is 11.5. The van der Waals surface area contributed by atoms with Crippen LogP contribution in [0.5, 0.6) is 0 Å². The number of nitrogens with zero attached hydrogens (tertiary/aromatic N) is 2. The van der Waals surface area contributed by atoms with Gasteiger partial charge in [-0.2, -0.15) is 0 Å². The van der Waals surface area contributed by atoms with E-state index in [0.29, 0.717) is 6.04 Å². The van der Waals surface area contributed by atoms with Gasteiger partial charge in [0.25, 0.3) is 0 Å². The molecule has 2 heterocycles. The molecule has 0 radical (unpaired) electrons. The number of nitrogen functional groups attached to an aromatic ring is 1. The molecule has 1 atom stereocenters. The molecule has 1 aromatic carbocycles. The Morgan fingerprint density at radius 2 is 2.35 bits per heavy atom. The third-order valence-electron chi connectivity index (χ3n) is 3.82. The van der Waals surface area contributed by atoms with Crippen molar-refractivity contribution in [1.29, 1.82) is 0 Å². The van der Waals surface area contributed by atoms with Crippen molar-refractivity contribution in [3.05, 3.63) is 28.9 Å². The second kappa shape index (κ2) is 5.58. The number of rotatable bonds is 2. The third kappa shape index (κ3) is 2.36. The molecule has 1 fully saturated rings. The molecule has 0 saturated carbocycles. The van der Waals surface area contributed by atoms with E-state index in [0.717, 1.165) is 52.9 Å². The van der Waals surface area contributed by atoms with Crippen LogP contribution in [0.2, 0.25) is 0 Å². The van der Waals surface area contributed by atoms with Crippen molar-refractivity contribution in [2.24, 2.45) is 0 Å². The van der Waals surface area contributed by atoms with Gasteiger partial charge in [-0.05, 0) is 24.6 Å². The van der Waals surface area contributed by atoms with Crippen molar-refractivity contribution in [2.45, 2.75) is 19.4 Å². The van der Waals surface area contributed by atoms with Gasteiger partial charge in [0.05, 0.1) is 42.3 Å². The van der Waals surface area contributed by atoms with Crippen molar-refractivity contribution in [2.75, 3.05) is 30.4 Å². The number of hydrogen-bond donors (Lipinski definition) is 1. The molecule has 2 N–H and O–H groups in total. The van der Waals surface area contributed by atoms with Gasteiger partial charge in [-0.15, -0.1) is 0 Å². The van der Waals surface area contributed by atoms with Gasteiger partial charge in [-0.1, -0.05) is 22.9 Å². The number of hydrogen-bond acceptors (Lipinski definition) is 4. The Labute approximate surface area is 127 Å². The number of anilines is 2. The van der Waals surface area contributed by atoms with Crippen LogP contribution < -0.4 is 10.6 Å². The van der Waals surface area contributed by atoms with Crippen molar-refractivity contribution in [3.8, 4) is 0 Å². The molecule has 106 valence electrons. The van der Waals surface area contributed by atoms with Gasteiger partial charge in [0, 0.05) is 16.4 Å². The predicted molar refractivity (Wildman–Crippen MR) is 86.1 cm³/mol. The smallest absolute Gasteiger partial charge is 0.0745 e. The molecule has 2 aromatic rings. The van der Waals surface area contributed by atoms with E-state index in [9.17, 15) is 0 Å². The number of morpholine rings is 1. The first-order valence-electron chi connectivity index (χ1n) is 6.89. The summed E-state index contributed by atoms with van der Waals surface area (Å²) in [5, 5.41) is 1.10. The first-order chi connectivity index (χ1) is 9.70. The maximum Gasteiger partial charge on any atom is 0.0745 e. The molecule has 1 unspecified atom stereocenters. The maximum absolute atomic E-state index is 6.22. The molecule has 3 rings (SSSR count). The lowest BCUT2D eigenvalue weighted by Crippen LogP contribution is -2.45. The minimum absolute atomic E-state index is 0.371. The van der Waals surface area contributed by atoms with Crippen LogP contribution in [0.25, 0.3) is 10.9 Å². The van der Waals surface area contributed by atoms with Crippen molar-refractivity contribution in [1.82, 2.24) is 4.98 Å². The molecule has 1 aliphatic rings. The van der Waals surface area contributed by atoms with E-state index in [1.165, 1.54) is 0 Å². The van der Waals surface area contributed by atoms with E-state index in [1.54, 1.807) is 6.20 Å². The second-order valence-corrected chi connectivity index (χ2v) is 5.97. The number of pyridine rings is 1. The normalized spacial score (nSPS) is 19.5. The standard InChI is InChI=1S/C15H18BrN3O/c1-2-11-9-20-6-5-19(11)15-12-7-10(16)3-4-14(12)18-8-13(15)17/h3-4,7-8,11H,2,5-6,9,17H2,1H3. The summed E-state index contributed by atoms with van der Waals surface area (Å²) in [5.41, 5.74) is 9.02. The molecule has 0 amide bonds. The van der Waals surface area contributed by atoms with Gasteiger partial charge in [-0.3, -0.25) is 4.98 Å². The third-order valence-corrected chi connectivity index (χ3v) is 4.31. The summed E-state index contributed by atoms with van der Waals surface area (Å²) in [5.74, 6) is 0. The molecule has 0 aliphatic carbocycles. The van der Waals surface area contributed by atoms with Crippen LogP contribution in [0.1, 0.15) is 13.3 Å². The van der Waals surface area contributed by atoms with Crippen LogP contribution in [-0.2, 0) is 4.74 Å². The monoisotopic (exact) mass is 335 g/mol. The fourth-order valence-electron chi connectivity index (χ4n) is 2.77. The summed E-state index contributed by atoms with van der Waals surface area (Å²) in [7, 11) is 0. The topological polar surface area (TPSA) is 51.4 Å². The summed E-state index contributed by atoms with van der Waals surface area (Å²) < 4.78 is 6.63. The number of fused-ring (bicyclic) bond motifs is 1. The van der Waals surface area contributed by atoms with Crippen molar-refractivity contribution in [3.63, 3.8) is 0 Å². The summed E-state index contributed by atoms with van der Waals surface area (Å²) >= 11 is 3.54. The van der Waals surface area contributed by atoms with Crippen LogP contribution in [0.3, 0.4) is 0 Å². The Hall–Kier alpha value is -1.33. The van der Waals surface area contributed by atoms with Crippen molar-refractivity contribution < 1.29 is 4.74 Å². The highest BCUT2D eigenvalue weighted by Crippen LogP contribution is 2.35. The van der Waals surface area contributed by atoms with E-state index in [1.807, 2.05) is 12.1 Å². The fourth-order valence-corrected chi connectivity index (χ4v) is 3.14. The predicted octanol–water partition coefficient (Wildman–Crippen LogP) is 3.19. The largest absolute Gasteiger partial charge is 0.396 e. The van der Waals surface area contributed by atoms with E-state index >= 15 is 0 Å². The zero-order chi connectivity index (χ0) is 14.1. The summed E-state index contributed by atoms with van der Waals surface area (Å²) in [6.07, 6.45) is 2.80. The lowest BCUT2D eigenvalue weighted by molar-refractivity contribution is 0.0932. The van der Waals surface area contributed by atoms with Gasteiger partial charge < -0.3 is 15.4 Å². The van der Waals surface area contributed by atoms with E-state index in [4.69, 9.17) is 10.5 Å². The van der Waals surface area contributed by atoms with E-state index < -0.39 is 0 Å². The molecule has 20 heavy (non-hydrogen) atoms. The second-order valence-electron chi connectivity index (χ2n) is 5.05. The van der Waals surface area contributed by atoms with E-state index in [-0.39, 0.29) is 0 Å². The number of nitrogens with two attached hydrogens (primary N) is 1. The Morgan fingerprint density at radius 1 is 1.50 bits per heavy atom. The molecule has 4 nitrogen and oxygen atoms in total. The fraction of sp³-hybridized carbons (Fsp3) is 0.400. The number of aromatic nitrogens is 1. The Kier molecular flexibility index (Phi) is 3.81. The number of ether oxygens (including phenoxy) is 1. The first-order valence-corrected chi connectivity index (χ1v) is 7.68. The SMILES string of the molecule is CCC1COCCN1c1c(N)cnc2ccc(Br)cc12. The first kappa shape index (κ1) is 13.6. The van der Waals surface area contributed by atoms with Crippen molar-refractivity contribution >= 4 is 38.2 Å². The molecule has 1 aromatic heterocycles. The zero-order valence-corrected chi connectivity index (χ0v) is 13.1. The summed E-state index contributed by atoms with van der Waals surface area (Å²) in [6.45, 7) is 4.55. The summed E-state index contributed by atoms with van der Waals surface area (Å²) in [6, 6.07) is 6.49. The molecule has 5 heteroatoms. The molecular weight excluding hydrogens is 318 g/mol. The Morgan fingerprint density at radius 3 is 3.15 bits per heavy atom. The quantitative estimate of drug-likeness (QED) is 0.915. The molecule has 0 spiro atoms. The number of benzene rings is 1. The minimum atomic E-state index is 0.371. The van der Waals surface area contributed by atoms with Crippen LogP contribution in [0.15, 0.2) is 28.9 Å². The highest BCUT2D eigenvalue weighted by molar-refractivity contribution is 9.10. The minimum Gasteiger partial charge on any atom is -0.396 e. The number of halogens is 1. The lowest BCUT2D eigenvalue weighted by atomic mass is 10.1.